The normalized spacial score (nSPS) is 10.2. The van der Waals surface area contributed by atoms with Crippen molar-refractivity contribution in [3.05, 3.63) is 54.8 Å². The third-order valence-corrected chi connectivity index (χ3v) is 2.56. The lowest BCUT2D eigenvalue weighted by atomic mass is 10.0. The Hall–Kier alpha value is -1.76. The zero-order valence-electron chi connectivity index (χ0n) is 8.86. The van der Waals surface area contributed by atoms with Gasteiger partial charge in [0.25, 0.3) is 0 Å². The van der Waals surface area contributed by atoms with Gasteiger partial charge in [0.2, 0.25) is 0 Å². The molecular weight excluding hydrogens is 184 g/mol. The maximum Gasteiger partial charge on any atom is 0.134 e. The van der Waals surface area contributed by atoms with E-state index in [0.717, 1.165) is 17.6 Å². The fourth-order valence-electron chi connectivity index (χ4n) is 1.85. The summed E-state index contributed by atoms with van der Waals surface area (Å²) in [5.41, 5.74) is 1.35. The van der Waals surface area contributed by atoms with E-state index in [1.165, 1.54) is 17.2 Å². The van der Waals surface area contributed by atoms with E-state index in [0.29, 0.717) is 0 Å². The Kier molecular flexibility index (Phi) is 2.72. The lowest BCUT2D eigenvalue weighted by Crippen LogP contribution is -1.87. The van der Waals surface area contributed by atoms with Crippen molar-refractivity contribution >= 4 is 10.8 Å². The van der Waals surface area contributed by atoms with Gasteiger partial charge in [0, 0.05) is 5.39 Å². The molecule has 2 aromatic carbocycles. The summed E-state index contributed by atoms with van der Waals surface area (Å²) in [4.78, 5) is 0. The summed E-state index contributed by atoms with van der Waals surface area (Å²) in [6, 6.07) is 12.4. The van der Waals surface area contributed by atoms with E-state index < -0.39 is 0 Å². The van der Waals surface area contributed by atoms with Gasteiger partial charge in [0.1, 0.15) is 5.75 Å². The standard InChI is InChI=1S/C14H14O/c1-3-11-7-5-9-13-12(11)8-6-10-14(13)15-4-2/h4-10H,2-3H2,1H3. The Morgan fingerprint density at radius 2 is 1.87 bits per heavy atom. The van der Waals surface area contributed by atoms with Crippen LogP contribution in [0.3, 0.4) is 0 Å². The van der Waals surface area contributed by atoms with Gasteiger partial charge in [-0.25, -0.2) is 0 Å². The van der Waals surface area contributed by atoms with Gasteiger partial charge in [-0.1, -0.05) is 43.8 Å². The van der Waals surface area contributed by atoms with Crippen LogP contribution in [0.5, 0.6) is 5.75 Å². The molecule has 0 aromatic heterocycles. The van der Waals surface area contributed by atoms with Crippen LogP contribution in [0.1, 0.15) is 12.5 Å². The molecule has 0 aliphatic carbocycles. The first-order valence-corrected chi connectivity index (χ1v) is 5.15. The van der Waals surface area contributed by atoms with Crippen molar-refractivity contribution in [3.63, 3.8) is 0 Å². The molecule has 2 rings (SSSR count). The van der Waals surface area contributed by atoms with Crippen molar-refractivity contribution in [3.8, 4) is 5.75 Å². The van der Waals surface area contributed by atoms with Gasteiger partial charge in [-0.15, -0.1) is 0 Å². The van der Waals surface area contributed by atoms with E-state index in [1.54, 1.807) is 0 Å². The monoisotopic (exact) mass is 198 g/mol. The fraction of sp³-hybridized carbons (Fsp3) is 0.143. The van der Waals surface area contributed by atoms with Crippen molar-refractivity contribution in [2.45, 2.75) is 13.3 Å². The van der Waals surface area contributed by atoms with Crippen molar-refractivity contribution in [1.29, 1.82) is 0 Å². The van der Waals surface area contributed by atoms with Crippen LogP contribution in [-0.2, 0) is 6.42 Å². The third-order valence-electron chi connectivity index (χ3n) is 2.56. The van der Waals surface area contributed by atoms with Crippen molar-refractivity contribution in [2.75, 3.05) is 0 Å². The van der Waals surface area contributed by atoms with E-state index in [9.17, 15) is 0 Å². The summed E-state index contributed by atoms with van der Waals surface area (Å²) < 4.78 is 5.38. The van der Waals surface area contributed by atoms with Crippen LogP contribution in [0.15, 0.2) is 49.2 Å². The molecule has 0 heterocycles. The van der Waals surface area contributed by atoms with Crippen molar-refractivity contribution in [2.24, 2.45) is 0 Å². The molecule has 0 radical (unpaired) electrons. The van der Waals surface area contributed by atoms with Crippen LogP contribution >= 0.6 is 0 Å². The van der Waals surface area contributed by atoms with Crippen LogP contribution in [0.4, 0.5) is 0 Å². The van der Waals surface area contributed by atoms with E-state index in [1.807, 2.05) is 12.1 Å². The number of hydrogen-bond donors (Lipinski definition) is 0. The number of fused-ring (bicyclic) bond motifs is 1. The third kappa shape index (κ3) is 1.73. The lowest BCUT2D eigenvalue weighted by Gasteiger charge is -2.08. The van der Waals surface area contributed by atoms with Crippen molar-refractivity contribution in [1.82, 2.24) is 0 Å². The van der Waals surface area contributed by atoms with Crippen LogP contribution in [-0.4, -0.2) is 0 Å². The van der Waals surface area contributed by atoms with Crippen LogP contribution < -0.4 is 4.74 Å². The largest absolute Gasteiger partial charge is 0.465 e. The predicted octanol–water partition coefficient (Wildman–Crippen LogP) is 3.92. The Morgan fingerprint density at radius 3 is 2.60 bits per heavy atom. The zero-order valence-corrected chi connectivity index (χ0v) is 8.86. The summed E-state index contributed by atoms with van der Waals surface area (Å²) >= 11 is 0. The predicted molar refractivity (Wildman–Crippen MR) is 64.2 cm³/mol. The molecule has 0 fully saturated rings. The molecule has 1 nitrogen and oxygen atoms in total. The minimum Gasteiger partial charge on any atom is -0.465 e. The van der Waals surface area contributed by atoms with E-state index in [4.69, 9.17) is 4.74 Å². The van der Waals surface area contributed by atoms with Crippen LogP contribution in [0.25, 0.3) is 10.8 Å². The smallest absolute Gasteiger partial charge is 0.134 e. The van der Waals surface area contributed by atoms with Gasteiger partial charge >= 0.3 is 0 Å². The second-order valence-corrected chi connectivity index (χ2v) is 3.41. The first-order valence-electron chi connectivity index (χ1n) is 5.15. The molecule has 2 aromatic rings. The van der Waals surface area contributed by atoms with Crippen molar-refractivity contribution < 1.29 is 4.74 Å². The first-order chi connectivity index (χ1) is 7.36. The second kappa shape index (κ2) is 4.18. The summed E-state index contributed by atoms with van der Waals surface area (Å²) in [5.74, 6) is 0.873. The average molecular weight is 198 g/mol. The van der Waals surface area contributed by atoms with Gasteiger partial charge < -0.3 is 4.74 Å². The van der Waals surface area contributed by atoms with Gasteiger partial charge in [0.05, 0.1) is 6.26 Å². The molecular formula is C14H14O. The molecule has 0 aliphatic rings. The number of ether oxygens (including phenoxy) is 1. The number of benzene rings is 2. The molecule has 0 bridgehead atoms. The molecule has 0 spiro atoms. The highest BCUT2D eigenvalue weighted by Crippen LogP contribution is 2.28. The highest BCUT2D eigenvalue weighted by Gasteiger charge is 2.03. The Labute approximate surface area is 90.0 Å². The van der Waals surface area contributed by atoms with Gasteiger partial charge in [-0.05, 0) is 23.4 Å². The molecule has 0 atom stereocenters. The van der Waals surface area contributed by atoms with Crippen LogP contribution in [0, 0.1) is 0 Å². The molecule has 0 N–H and O–H groups in total. The Balaban J connectivity index is 2.70. The quantitative estimate of drug-likeness (QED) is 0.679. The highest BCUT2D eigenvalue weighted by atomic mass is 16.5. The minimum absolute atomic E-state index is 0.873. The molecule has 0 aliphatic heterocycles. The lowest BCUT2D eigenvalue weighted by molar-refractivity contribution is 0.489. The topological polar surface area (TPSA) is 9.23 Å². The molecule has 15 heavy (non-hydrogen) atoms. The summed E-state index contributed by atoms with van der Waals surface area (Å²) in [5, 5.41) is 2.41. The van der Waals surface area contributed by atoms with Gasteiger partial charge in [-0.2, -0.15) is 0 Å². The second-order valence-electron chi connectivity index (χ2n) is 3.41. The molecule has 0 saturated carbocycles. The Morgan fingerprint density at radius 1 is 1.13 bits per heavy atom. The maximum atomic E-state index is 5.38. The fourth-order valence-corrected chi connectivity index (χ4v) is 1.85. The highest BCUT2D eigenvalue weighted by molar-refractivity contribution is 5.91. The minimum atomic E-state index is 0.873. The van der Waals surface area contributed by atoms with E-state index in [2.05, 4.69) is 37.8 Å². The van der Waals surface area contributed by atoms with Crippen LogP contribution in [0.2, 0.25) is 0 Å². The van der Waals surface area contributed by atoms with Gasteiger partial charge in [-0.3, -0.25) is 0 Å². The average Bonchev–Trinajstić information content (AvgIpc) is 2.29. The maximum absolute atomic E-state index is 5.38. The molecule has 1 heteroatoms. The molecule has 76 valence electrons. The first kappa shape index (κ1) is 9.78. The number of hydrogen-bond acceptors (Lipinski definition) is 1. The van der Waals surface area contributed by atoms with E-state index >= 15 is 0 Å². The van der Waals surface area contributed by atoms with Gasteiger partial charge in [0.15, 0.2) is 0 Å². The molecule has 0 unspecified atom stereocenters. The SMILES string of the molecule is C=COc1cccc2c(CC)cccc12. The summed E-state index contributed by atoms with van der Waals surface area (Å²) in [6.45, 7) is 5.75. The number of aryl methyl sites for hydroxylation is 1. The number of rotatable bonds is 3. The molecule has 0 saturated heterocycles. The van der Waals surface area contributed by atoms with E-state index in [-0.39, 0.29) is 0 Å². The Bertz CT molecular complexity index is 486. The zero-order chi connectivity index (χ0) is 10.7. The summed E-state index contributed by atoms with van der Waals surface area (Å²) in [6.07, 6.45) is 2.50. The molecule has 0 amide bonds. The summed E-state index contributed by atoms with van der Waals surface area (Å²) in [7, 11) is 0.